The van der Waals surface area contributed by atoms with E-state index in [1.165, 1.54) is 27.8 Å². The van der Waals surface area contributed by atoms with Crippen LogP contribution in [0.15, 0.2) is 42.5 Å². The summed E-state index contributed by atoms with van der Waals surface area (Å²) in [5, 5.41) is 0. The summed E-state index contributed by atoms with van der Waals surface area (Å²) in [6.07, 6.45) is 0. The van der Waals surface area contributed by atoms with E-state index in [1.54, 1.807) is 0 Å². The molecule has 1 nitrogen and oxygen atoms in total. The van der Waals surface area contributed by atoms with Gasteiger partial charge in [0.1, 0.15) is 0 Å². The van der Waals surface area contributed by atoms with E-state index in [9.17, 15) is 0 Å². The first-order chi connectivity index (χ1) is 9.30. The lowest BCUT2D eigenvalue weighted by molar-refractivity contribution is 0.577. The van der Waals surface area contributed by atoms with E-state index < -0.39 is 0 Å². The molecule has 0 bridgehead atoms. The molecule has 2 N–H and O–H groups in total. The van der Waals surface area contributed by atoms with Crippen molar-refractivity contribution in [3.8, 4) is 0 Å². The first-order valence-corrected chi connectivity index (χ1v) is 7.23. The number of hydrogen-bond acceptors (Lipinski definition) is 1. The molecule has 0 amide bonds. The highest BCUT2D eigenvalue weighted by atomic mass is 14.6. The fourth-order valence-electron chi connectivity index (χ4n) is 2.71. The number of rotatable bonds is 2. The maximum Gasteiger partial charge on any atom is 0.0557 e. The first-order valence-electron chi connectivity index (χ1n) is 7.23. The highest BCUT2D eigenvalue weighted by molar-refractivity contribution is 5.43. The van der Waals surface area contributed by atoms with Gasteiger partial charge >= 0.3 is 0 Å². The van der Waals surface area contributed by atoms with Gasteiger partial charge in [-0.05, 0) is 41.5 Å². The van der Waals surface area contributed by atoms with Gasteiger partial charge in [0.25, 0.3) is 0 Å². The van der Waals surface area contributed by atoms with Gasteiger partial charge in [-0.25, -0.2) is 0 Å². The van der Waals surface area contributed by atoms with Crippen LogP contribution in [0.3, 0.4) is 0 Å². The average Bonchev–Trinajstić information content (AvgIpc) is 2.40. The molecule has 0 aliphatic rings. The molecule has 0 aliphatic heterocycles. The Bertz CT molecular complexity index is 605. The maximum atomic E-state index is 6.58. The van der Waals surface area contributed by atoms with E-state index in [4.69, 9.17) is 5.73 Å². The van der Waals surface area contributed by atoms with Crippen LogP contribution >= 0.6 is 0 Å². The van der Waals surface area contributed by atoms with Crippen molar-refractivity contribution in [1.82, 2.24) is 0 Å². The largest absolute Gasteiger partial charge is 0.320 e. The minimum absolute atomic E-state index is 0.0645. The maximum absolute atomic E-state index is 6.58. The summed E-state index contributed by atoms with van der Waals surface area (Å²) in [6, 6.07) is 15.0. The summed E-state index contributed by atoms with van der Waals surface area (Å²) in [4.78, 5) is 0. The molecule has 1 unspecified atom stereocenters. The number of hydrogen-bond donors (Lipinski definition) is 1. The van der Waals surface area contributed by atoms with E-state index >= 15 is 0 Å². The van der Waals surface area contributed by atoms with Crippen LogP contribution in [0.4, 0.5) is 0 Å². The van der Waals surface area contributed by atoms with E-state index in [1.807, 2.05) is 0 Å². The highest BCUT2D eigenvalue weighted by Gasteiger charge is 2.22. The van der Waals surface area contributed by atoms with Crippen LogP contribution in [0.25, 0.3) is 0 Å². The molecule has 0 saturated carbocycles. The van der Waals surface area contributed by atoms with Gasteiger partial charge in [-0.2, -0.15) is 0 Å². The molecule has 0 aliphatic carbocycles. The fourth-order valence-corrected chi connectivity index (χ4v) is 2.71. The van der Waals surface area contributed by atoms with Crippen LogP contribution in [-0.4, -0.2) is 0 Å². The molecule has 0 heterocycles. The van der Waals surface area contributed by atoms with Crippen LogP contribution in [0.5, 0.6) is 0 Å². The predicted molar refractivity (Wildman–Crippen MR) is 87.1 cm³/mol. The zero-order valence-electron chi connectivity index (χ0n) is 13.2. The van der Waals surface area contributed by atoms with Gasteiger partial charge in [-0.1, -0.05) is 68.8 Å². The predicted octanol–water partition coefficient (Wildman–Crippen LogP) is 4.65. The van der Waals surface area contributed by atoms with Crippen LogP contribution in [-0.2, 0) is 5.41 Å². The second kappa shape index (κ2) is 5.41. The van der Waals surface area contributed by atoms with Gasteiger partial charge in [-0.15, -0.1) is 0 Å². The molecule has 2 rings (SSSR count). The van der Waals surface area contributed by atoms with E-state index in [0.29, 0.717) is 0 Å². The molecule has 0 saturated heterocycles. The Morgan fingerprint density at radius 1 is 0.900 bits per heavy atom. The van der Waals surface area contributed by atoms with Crippen molar-refractivity contribution in [1.29, 1.82) is 0 Å². The van der Waals surface area contributed by atoms with Crippen molar-refractivity contribution in [3.05, 3.63) is 70.3 Å². The zero-order valence-corrected chi connectivity index (χ0v) is 13.2. The Hall–Kier alpha value is -1.60. The third-order valence-corrected chi connectivity index (χ3v) is 3.87. The molecule has 2 aromatic carbocycles. The molecular formula is C19H25N. The molecule has 0 aromatic heterocycles. The average molecular weight is 267 g/mol. The summed E-state index contributed by atoms with van der Waals surface area (Å²) in [5.74, 6) is 0. The minimum atomic E-state index is -0.0645. The summed E-state index contributed by atoms with van der Waals surface area (Å²) in [7, 11) is 0. The summed E-state index contributed by atoms with van der Waals surface area (Å²) >= 11 is 0. The lowest BCUT2D eigenvalue weighted by Gasteiger charge is -2.26. The van der Waals surface area contributed by atoms with Crippen LogP contribution in [0.2, 0.25) is 0 Å². The Balaban J connectivity index is 2.54. The first kappa shape index (κ1) is 14.8. The van der Waals surface area contributed by atoms with Gasteiger partial charge in [0, 0.05) is 0 Å². The number of benzene rings is 2. The zero-order chi connectivity index (χ0) is 14.9. The molecular weight excluding hydrogens is 242 g/mol. The molecule has 106 valence electrons. The SMILES string of the molecule is Cc1ccc(C)c(C(N)c2ccccc2C(C)(C)C)c1. The Morgan fingerprint density at radius 2 is 1.55 bits per heavy atom. The van der Waals surface area contributed by atoms with E-state index in [2.05, 4.69) is 77.1 Å². The lowest BCUT2D eigenvalue weighted by Crippen LogP contribution is -2.21. The van der Waals surface area contributed by atoms with Crippen LogP contribution in [0.1, 0.15) is 54.6 Å². The van der Waals surface area contributed by atoms with Gasteiger partial charge in [-0.3, -0.25) is 0 Å². The fraction of sp³-hybridized carbons (Fsp3) is 0.368. The molecule has 1 atom stereocenters. The third-order valence-electron chi connectivity index (χ3n) is 3.87. The number of nitrogens with two attached hydrogens (primary N) is 1. The Labute approximate surface area is 122 Å². The van der Waals surface area contributed by atoms with Crippen molar-refractivity contribution in [3.63, 3.8) is 0 Å². The standard InChI is InChI=1S/C19H25N/c1-13-10-11-14(2)16(12-13)18(20)15-8-6-7-9-17(15)19(3,4)5/h6-12,18H,20H2,1-5H3. The summed E-state index contributed by atoms with van der Waals surface area (Å²) < 4.78 is 0. The lowest BCUT2D eigenvalue weighted by atomic mass is 9.80. The van der Waals surface area contributed by atoms with E-state index in [-0.39, 0.29) is 11.5 Å². The quantitative estimate of drug-likeness (QED) is 0.842. The molecule has 0 fully saturated rings. The molecule has 0 radical (unpaired) electrons. The van der Waals surface area contributed by atoms with Crippen molar-refractivity contribution < 1.29 is 0 Å². The third kappa shape index (κ3) is 2.94. The second-order valence-corrected chi connectivity index (χ2v) is 6.67. The van der Waals surface area contributed by atoms with E-state index in [0.717, 1.165) is 0 Å². The Morgan fingerprint density at radius 3 is 2.20 bits per heavy atom. The summed E-state index contributed by atoms with van der Waals surface area (Å²) in [6.45, 7) is 11.0. The molecule has 20 heavy (non-hydrogen) atoms. The number of aryl methyl sites for hydroxylation is 2. The normalized spacial score (nSPS) is 13.3. The van der Waals surface area contributed by atoms with Crippen LogP contribution < -0.4 is 5.73 Å². The van der Waals surface area contributed by atoms with Crippen LogP contribution in [0, 0.1) is 13.8 Å². The van der Waals surface area contributed by atoms with Crippen molar-refractivity contribution in [2.75, 3.05) is 0 Å². The smallest absolute Gasteiger partial charge is 0.0557 e. The Kier molecular flexibility index (Phi) is 4.01. The topological polar surface area (TPSA) is 26.0 Å². The summed E-state index contributed by atoms with van der Waals surface area (Å²) in [5.41, 5.74) is 13.0. The highest BCUT2D eigenvalue weighted by Crippen LogP contribution is 2.32. The van der Waals surface area contributed by atoms with Gasteiger partial charge in [0.05, 0.1) is 6.04 Å². The molecule has 1 heteroatoms. The van der Waals surface area contributed by atoms with Crippen molar-refractivity contribution in [2.45, 2.75) is 46.1 Å². The molecule has 2 aromatic rings. The van der Waals surface area contributed by atoms with Crippen molar-refractivity contribution in [2.24, 2.45) is 5.73 Å². The van der Waals surface area contributed by atoms with Gasteiger partial charge in [0.2, 0.25) is 0 Å². The van der Waals surface area contributed by atoms with Gasteiger partial charge < -0.3 is 5.73 Å². The minimum Gasteiger partial charge on any atom is -0.320 e. The van der Waals surface area contributed by atoms with Crippen molar-refractivity contribution >= 4 is 0 Å². The molecule has 0 spiro atoms. The van der Waals surface area contributed by atoms with Gasteiger partial charge in [0.15, 0.2) is 0 Å². The monoisotopic (exact) mass is 267 g/mol. The second-order valence-electron chi connectivity index (χ2n) is 6.67.